The molecule has 0 aromatic rings. The van der Waals surface area contributed by atoms with E-state index in [0.717, 1.165) is 12.5 Å². The molecule has 0 bridgehead atoms. The van der Waals surface area contributed by atoms with Crippen molar-refractivity contribution in [3.63, 3.8) is 0 Å². The van der Waals surface area contributed by atoms with Crippen LogP contribution >= 0.6 is 0 Å². The van der Waals surface area contributed by atoms with Crippen LogP contribution in [0.1, 0.15) is 39.0 Å². The van der Waals surface area contributed by atoms with E-state index in [4.69, 9.17) is 0 Å². The Balaban J connectivity index is 2.02. The van der Waals surface area contributed by atoms with Gasteiger partial charge in [-0.3, -0.25) is 0 Å². The zero-order valence-corrected chi connectivity index (χ0v) is 6.90. The largest absolute Gasteiger partial charge is 0.312 e. The summed E-state index contributed by atoms with van der Waals surface area (Å²) in [6.45, 7) is 5.52. The Morgan fingerprint density at radius 2 is 2.00 bits per heavy atom. The molecule has 1 radical (unpaired) electrons. The second kappa shape index (κ2) is 4.73. The topological polar surface area (TPSA) is 12.0 Å². The minimum Gasteiger partial charge on any atom is -0.312 e. The fourth-order valence-corrected chi connectivity index (χ4v) is 1.59. The van der Waals surface area contributed by atoms with Crippen LogP contribution in [0.2, 0.25) is 0 Å². The molecule has 0 aromatic heterocycles. The van der Waals surface area contributed by atoms with Crippen molar-refractivity contribution < 1.29 is 0 Å². The van der Waals surface area contributed by atoms with Crippen LogP contribution in [0.3, 0.4) is 0 Å². The molecule has 0 aromatic carbocycles. The lowest BCUT2D eigenvalue weighted by Crippen LogP contribution is -2.18. The van der Waals surface area contributed by atoms with E-state index < -0.39 is 0 Å². The van der Waals surface area contributed by atoms with Gasteiger partial charge in [-0.1, -0.05) is 26.2 Å². The van der Waals surface area contributed by atoms with Crippen LogP contribution in [0.15, 0.2) is 0 Å². The fraction of sp³-hybridized carbons (Fsp3) is 0.889. The van der Waals surface area contributed by atoms with Crippen molar-refractivity contribution in [1.82, 2.24) is 5.32 Å². The minimum absolute atomic E-state index is 0.869. The third kappa shape index (κ3) is 2.70. The highest BCUT2D eigenvalue weighted by Crippen LogP contribution is 2.24. The molecule has 10 heavy (non-hydrogen) atoms. The van der Waals surface area contributed by atoms with Crippen LogP contribution in [0, 0.1) is 12.5 Å². The van der Waals surface area contributed by atoms with Gasteiger partial charge in [0.2, 0.25) is 0 Å². The Bertz CT molecular complexity index is 74.8. The summed E-state index contributed by atoms with van der Waals surface area (Å²) in [5.74, 6) is 0.869. The van der Waals surface area contributed by atoms with Crippen LogP contribution in [0.25, 0.3) is 0 Å². The lowest BCUT2D eigenvalue weighted by Gasteiger charge is -2.20. The SMILES string of the molecule is CCN[CH]C1CCCCC1. The van der Waals surface area contributed by atoms with Gasteiger partial charge in [0.05, 0.1) is 0 Å². The zero-order chi connectivity index (χ0) is 7.23. The Kier molecular flexibility index (Phi) is 3.81. The van der Waals surface area contributed by atoms with Crippen molar-refractivity contribution in [3.05, 3.63) is 6.54 Å². The molecular formula is C9H18N. The first-order chi connectivity index (χ1) is 4.93. The highest BCUT2D eigenvalue weighted by molar-refractivity contribution is 4.76. The van der Waals surface area contributed by atoms with E-state index in [0.29, 0.717) is 0 Å². The predicted octanol–water partition coefficient (Wildman–Crippen LogP) is 2.34. The number of hydrogen-bond donors (Lipinski definition) is 1. The summed E-state index contributed by atoms with van der Waals surface area (Å²) in [5, 5.41) is 3.29. The van der Waals surface area contributed by atoms with Gasteiger partial charge in [-0.2, -0.15) is 0 Å². The molecule has 1 N–H and O–H groups in total. The molecular weight excluding hydrogens is 122 g/mol. The Hall–Kier alpha value is -0.0400. The number of hydrogen-bond acceptors (Lipinski definition) is 1. The molecule has 1 aliphatic rings. The molecule has 1 aliphatic carbocycles. The average Bonchev–Trinajstić information content (AvgIpc) is 2.03. The maximum Gasteiger partial charge on any atom is 0.0251 e. The maximum atomic E-state index is 3.29. The monoisotopic (exact) mass is 140 g/mol. The predicted molar refractivity (Wildman–Crippen MR) is 44.6 cm³/mol. The van der Waals surface area contributed by atoms with Crippen LogP contribution in [-0.2, 0) is 0 Å². The van der Waals surface area contributed by atoms with Gasteiger partial charge in [0.1, 0.15) is 0 Å². The Labute approximate surface area is 64.2 Å². The summed E-state index contributed by atoms with van der Waals surface area (Å²) < 4.78 is 0. The number of nitrogens with one attached hydrogen (secondary N) is 1. The molecule has 0 atom stereocenters. The molecule has 1 rings (SSSR count). The van der Waals surface area contributed by atoms with Crippen molar-refractivity contribution in [2.24, 2.45) is 5.92 Å². The van der Waals surface area contributed by atoms with Gasteiger partial charge in [0.25, 0.3) is 0 Å². The second-order valence-corrected chi connectivity index (χ2v) is 3.12. The summed E-state index contributed by atoms with van der Waals surface area (Å²) >= 11 is 0. The average molecular weight is 140 g/mol. The van der Waals surface area contributed by atoms with Gasteiger partial charge < -0.3 is 5.32 Å². The molecule has 0 amide bonds. The van der Waals surface area contributed by atoms with Gasteiger partial charge in [0.15, 0.2) is 0 Å². The summed E-state index contributed by atoms with van der Waals surface area (Å²) in [6, 6.07) is 0. The summed E-state index contributed by atoms with van der Waals surface area (Å²) in [5.41, 5.74) is 0. The van der Waals surface area contributed by atoms with Gasteiger partial charge in [-0.05, 0) is 25.3 Å². The first kappa shape index (κ1) is 8.06. The van der Waals surface area contributed by atoms with E-state index in [-0.39, 0.29) is 0 Å². The van der Waals surface area contributed by atoms with Crippen LogP contribution < -0.4 is 5.32 Å². The van der Waals surface area contributed by atoms with Crippen LogP contribution in [0.4, 0.5) is 0 Å². The van der Waals surface area contributed by atoms with Gasteiger partial charge in [0, 0.05) is 6.54 Å². The molecule has 1 fully saturated rings. The summed E-state index contributed by atoms with van der Waals surface area (Å²) in [6.07, 6.45) is 7.15. The molecule has 1 heteroatoms. The molecule has 0 unspecified atom stereocenters. The van der Waals surface area contributed by atoms with Crippen molar-refractivity contribution in [1.29, 1.82) is 0 Å². The molecule has 59 valence electrons. The van der Waals surface area contributed by atoms with Gasteiger partial charge in [-0.25, -0.2) is 0 Å². The minimum atomic E-state index is 0.869. The molecule has 0 aliphatic heterocycles. The van der Waals surface area contributed by atoms with E-state index in [9.17, 15) is 0 Å². The molecule has 1 nitrogen and oxygen atoms in total. The van der Waals surface area contributed by atoms with E-state index in [1.165, 1.54) is 32.1 Å². The fourth-order valence-electron chi connectivity index (χ4n) is 1.59. The lowest BCUT2D eigenvalue weighted by molar-refractivity contribution is 0.382. The van der Waals surface area contributed by atoms with E-state index in [2.05, 4.69) is 18.8 Å². The normalized spacial score (nSPS) is 21.3. The highest BCUT2D eigenvalue weighted by atomic mass is 14.8. The zero-order valence-electron chi connectivity index (χ0n) is 6.90. The first-order valence-electron chi connectivity index (χ1n) is 4.50. The quantitative estimate of drug-likeness (QED) is 0.634. The molecule has 0 heterocycles. The standard InChI is InChI=1S/C9H18N/c1-2-10-8-9-6-4-3-5-7-9/h8-10H,2-7H2,1H3. The first-order valence-corrected chi connectivity index (χ1v) is 4.50. The lowest BCUT2D eigenvalue weighted by atomic mass is 9.89. The van der Waals surface area contributed by atoms with Crippen LogP contribution in [-0.4, -0.2) is 6.54 Å². The van der Waals surface area contributed by atoms with Crippen LogP contribution in [0.5, 0.6) is 0 Å². The maximum absolute atomic E-state index is 3.29. The van der Waals surface area contributed by atoms with Crippen molar-refractivity contribution in [2.45, 2.75) is 39.0 Å². The molecule has 1 saturated carbocycles. The third-order valence-electron chi connectivity index (χ3n) is 2.21. The van der Waals surface area contributed by atoms with Gasteiger partial charge in [-0.15, -0.1) is 0 Å². The van der Waals surface area contributed by atoms with Crippen molar-refractivity contribution in [2.75, 3.05) is 6.54 Å². The second-order valence-electron chi connectivity index (χ2n) is 3.12. The highest BCUT2D eigenvalue weighted by Gasteiger charge is 2.11. The summed E-state index contributed by atoms with van der Waals surface area (Å²) in [4.78, 5) is 0. The van der Waals surface area contributed by atoms with E-state index in [1.807, 2.05) is 0 Å². The van der Waals surface area contributed by atoms with Crippen molar-refractivity contribution in [3.8, 4) is 0 Å². The smallest absolute Gasteiger partial charge is 0.0251 e. The number of rotatable bonds is 3. The Morgan fingerprint density at radius 1 is 1.30 bits per heavy atom. The Morgan fingerprint density at radius 3 is 2.60 bits per heavy atom. The van der Waals surface area contributed by atoms with E-state index in [1.54, 1.807) is 0 Å². The third-order valence-corrected chi connectivity index (χ3v) is 2.21. The summed E-state index contributed by atoms with van der Waals surface area (Å²) in [7, 11) is 0. The van der Waals surface area contributed by atoms with Gasteiger partial charge >= 0.3 is 0 Å². The van der Waals surface area contributed by atoms with E-state index >= 15 is 0 Å². The van der Waals surface area contributed by atoms with Crippen molar-refractivity contribution >= 4 is 0 Å². The molecule has 0 spiro atoms. The molecule has 0 saturated heterocycles.